The number of nitrogens with zero attached hydrogens (tertiary/aromatic N) is 1. The van der Waals surface area contributed by atoms with E-state index in [2.05, 4.69) is 58.3 Å². The highest BCUT2D eigenvalue weighted by Gasteiger charge is 2.18. The molecule has 2 aromatic rings. The van der Waals surface area contributed by atoms with Crippen LogP contribution in [0.3, 0.4) is 0 Å². The molecule has 0 atom stereocenters. The molecule has 124 valence electrons. The predicted octanol–water partition coefficient (Wildman–Crippen LogP) is 3.09. The van der Waals surface area contributed by atoms with Crippen molar-refractivity contribution in [3.05, 3.63) is 59.2 Å². The van der Waals surface area contributed by atoms with Crippen LogP contribution in [0, 0.1) is 0 Å². The van der Waals surface area contributed by atoms with E-state index in [0.29, 0.717) is 18.3 Å². The van der Waals surface area contributed by atoms with Crippen LogP contribution in [0.2, 0.25) is 0 Å². The molecule has 0 saturated heterocycles. The van der Waals surface area contributed by atoms with E-state index in [9.17, 15) is 0 Å². The number of benzene rings is 2. The molecule has 0 radical (unpaired) electrons. The fraction of sp³-hybridized carbons (Fsp3) is 0.263. The van der Waals surface area contributed by atoms with Gasteiger partial charge in [-0.1, -0.05) is 36.4 Å². The Morgan fingerprint density at radius 1 is 1.17 bits per heavy atom. The fourth-order valence-corrected chi connectivity index (χ4v) is 3.02. The number of methoxy groups -OCH3 is 1. The number of thiocarbonyl (C=S) groups is 1. The Balaban J connectivity index is 1.69. The van der Waals surface area contributed by atoms with Crippen molar-refractivity contribution in [2.75, 3.05) is 20.3 Å². The molecule has 1 aliphatic rings. The largest absolute Gasteiger partial charge is 0.383 e. The van der Waals surface area contributed by atoms with Gasteiger partial charge in [-0.15, -0.1) is 0 Å². The zero-order valence-electron chi connectivity index (χ0n) is 13.9. The second-order valence-electron chi connectivity index (χ2n) is 5.76. The summed E-state index contributed by atoms with van der Waals surface area (Å²) in [5, 5.41) is 7.90. The molecule has 0 aliphatic heterocycles. The SMILES string of the molecule is COCCNC(=S)N/N=C(/C)c1ccc2c(c1)Cc1ccccc1-2. The molecule has 4 nitrogen and oxygen atoms in total. The summed E-state index contributed by atoms with van der Waals surface area (Å²) in [6.45, 7) is 3.25. The average Bonchev–Trinajstić information content (AvgIpc) is 2.97. The Bertz CT molecular complexity index is 786. The third-order valence-corrected chi connectivity index (χ3v) is 4.36. The first-order valence-corrected chi connectivity index (χ1v) is 8.38. The van der Waals surface area contributed by atoms with E-state index in [1.165, 1.54) is 22.3 Å². The summed E-state index contributed by atoms with van der Waals surface area (Å²) in [6.07, 6.45) is 0.983. The Morgan fingerprint density at radius 2 is 1.96 bits per heavy atom. The van der Waals surface area contributed by atoms with Gasteiger partial charge in [0.2, 0.25) is 0 Å². The van der Waals surface area contributed by atoms with E-state index < -0.39 is 0 Å². The summed E-state index contributed by atoms with van der Waals surface area (Å²) in [5.41, 5.74) is 10.3. The molecule has 0 unspecified atom stereocenters. The highest BCUT2D eigenvalue weighted by atomic mass is 32.1. The van der Waals surface area contributed by atoms with Gasteiger partial charge in [0, 0.05) is 13.7 Å². The molecule has 0 spiro atoms. The number of ether oxygens (including phenoxy) is 1. The second kappa shape index (κ2) is 7.55. The van der Waals surface area contributed by atoms with Crippen LogP contribution in [0.15, 0.2) is 47.6 Å². The van der Waals surface area contributed by atoms with Gasteiger partial charge in [-0.05, 0) is 59.4 Å². The minimum absolute atomic E-state index is 0.500. The van der Waals surface area contributed by atoms with Crippen LogP contribution in [0.5, 0.6) is 0 Å². The maximum atomic E-state index is 5.18. The molecule has 0 amide bonds. The van der Waals surface area contributed by atoms with Gasteiger partial charge in [0.25, 0.3) is 0 Å². The summed E-state index contributed by atoms with van der Waals surface area (Å²) in [7, 11) is 1.66. The number of rotatable bonds is 5. The Morgan fingerprint density at radius 3 is 2.79 bits per heavy atom. The highest BCUT2D eigenvalue weighted by molar-refractivity contribution is 7.80. The van der Waals surface area contributed by atoms with E-state index in [4.69, 9.17) is 17.0 Å². The molecular weight excluding hydrogens is 318 g/mol. The molecule has 2 aromatic carbocycles. The van der Waals surface area contributed by atoms with Crippen molar-refractivity contribution in [1.29, 1.82) is 0 Å². The van der Waals surface area contributed by atoms with Gasteiger partial charge < -0.3 is 10.1 Å². The van der Waals surface area contributed by atoms with Crippen molar-refractivity contribution in [3.8, 4) is 11.1 Å². The lowest BCUT2D eigenvalue weighted by Gasteiger charge is -2.08. The summed E-state index contributed by atoms with van der Waals surface area (Å²) in [6, 6.07) is 15.1. The molecule has 0 aromatic heterocycles. The predicted molar refractivity (Wildman–Crippen MR) is 103 cm³/mol. The van der Waals surface area contributed by atoms with Gasteiger partial charge in [-0.25, -0.2) is 0 Å². The van der Waals surface area contributed by atoms with Crippen LogP contribution in [0.1, 0.15) is 23.6 Å². The van der Waals surface area contributed by atoms with E-state index in [0.717, 1.165) is 17.7 Å². The third kappa shape index (κ3) is 3.63. The van der Waals surface area contributed by atoms with E-state index in [1.807, 2.05) is 6.92 Å². The Labute approximate surface area is 147 Å². The molecule has 0 heterocycles. The summed E-state index contributed by atoms with van der Waals surface area (Å²) in [5.74, 6) is 0. The lowest BCUT2D eigenvalue weighted by molar-refractivity contribution is 0.204. The first kappa shape index (κ1) is 16.6. The van der Waals surface area contributed by atoms with Gasteiger partial charge in [0.15, 0.2) is 5.11 Å². The van der Waals surface area contributed by atoms with Crippen LogP contribution < -0.4 is 10.7 Å². The number of fused-ring (bicyclic) bond motifs is 3. The van der Waals surface area contributed by atoms with Crippen LogP contribution >= 0.6 is 12.2 Å². The average molecular weight is 339 g/mol. The molecule has 5 heteroatoms. The second-order valence-corrected chi connectivity index (χ2v) is 6.17. The molecular formula is C19H21N3OS. The minimum Gasteiger partial charge on any atom is -0.383 e. The normalized spacial score (nSPS) is 12.5. The molecule has 1 aliphatic carbocycles. The topological polar surface area (TPSA) is 45.6 Å². The van der Waals surface area contributed by atoms with Gasteiger partial charge in [0.1, 0.15) is 0 Å². The van der Waals surface area contributed by atoms with Crippen LogP contribution in [-0.2, 0) is 11.2 Å². The maximum absolute atomic E-state index is 5.18. The molecule has 0 saturated carbocycles. The lowest BCUT2D eigenvalue weighted by atomic mass is 10.0. The molecule has 24 heavy (non-hydrogen) atoms. The van der Waals surface area contributed by atoms with Crippen molar-refractivity contribution >= 4 is 23.0 Å². The Hall–Kier alpha value is -2.24. The van der Waals surface area contributed by atoms with Gasteiger partial charge >= 0.3 is 0 Å². The zero-order valence-corrected chi connectivity index (χ0v) is 14.7. The lowest BCUT2D eigenvalue weighted by Crippen LogP contribution is -2.34. The van der Waals surface area contributed by atoms with Crippen molar-refractivity contribution in [2.45, 2.75) is 13.3 Å². The summed E-state index contributed by atoms with van der Waals surface area (Å²) in [4.78, 5) is 0. The van der Waals surface area contributed by atoms with Crippen molar-refractivity contribution in [2.24, 2.45) is 5.10 Å². The quantitative estimate of drug-likeness (QED) is 0.324. The summed E-state index contributed by atoms with van der Waals surface area (Å²) >= 11 is 5.18. The van der Waals surface area contributed by atoms with Gasteiger partial charge in [-0.2, -0.15) is 5.10 Å². The third-order valence-electron chi connectivity index (χ3n) is 4.13. The number of nitrogens with one attached hydrogen (secondary N) is 2. The molecule has 0 bridgehead atoms. The van der Waals surface area contributed by atoms with E-state index in [-0.39, 0.29) is 0 Å². The van der Waals surface area contributed by atoms with E-state index >= 15 is 0 Å². The van der Waals surface area contributed by atoms with Crippen molar-refractivity contribution in [3.63, 3.8) is 0 Å². The van der Waals surface area contributed by atoms with Gasteiger partial charge in [0.05, 0.1) is 12.3 Å². The zero-order chi connectivity index (χ0) is 16.9. The van der Waals surface area contributed by atoms with Crippen LogP contribution in [-0.4, -0.2) is 31.1 Å². The number of hydrogen-bond acceptors (Lipinski definition) is 3. The fourth-order valence-electron chi connectivity index (χ4n) is 2.88. The molecule has 3 rings (SSSR count). The first-order chi connectivity index (χ1) is 11.7. The molecule has 2 N–H and O–H groups in total. The van der Waals surface area contributed by atoms with Gasteiger partial charge in [-0.3, -0.25) is 5.43 Å². The highest BCUT2D eigenvalue weighted by Crippen LogP contribution is 2.36. The first-order valence-electron chi connectivity index (χ1n) is 7.97. The van der Waals surface area contributed by atoms with Crippen molar-refractivity contribution in [1.82, 2.24) is 10.7 Å². The smallest absolute Gasteiger partial charge is 0.187 e. The molecule has 0 fully saturated rings. The van der Waals surface area contributed by atoms with E-state index in [1.54, 1.807) is 7.11 Å². The minimum atomic E-state index is 0.500. The van der Waals surface area contributed by atoms with Crippen LogP contribution in [0.4, 0.5) is 0 Å². The van der Waals surface area contributed by atoms with Crippen LogP contribution in [0.25, 0.3) is 11.1 Å². The monoisotopic (exact) mass is 339 g/mol. The van der Waals surface area contributed by atoms with Crippen molar-refractivity contribution < 1.29 is 4.74 Å². The number of hydrogen-bond donors (Lipinski definition) is 2. The maximum Gasteiger partial charge on any atom is 0.187 e. The Kier molecular flexibility index (Phi) is 5.23. The standard InChI is InChI=1S/C19H21N3OS/c1-13(21-22-19(24)20-9-10-23-2)14-7-8-18-16(11-14)12-15-5-3-4-6-17(15)18/h3-8,11H,9-10,12H2,1-2H3,(H2,20,22,24)/b21-13-. The summed E-state index contributed by atoms with van der Waals surface area (Å²) < 4.78 is 4.97. The number of hydrazone groups is 1.